The summed E-state index contributed by atoms with van der Waals surface area (Å²) in [7, 11) is 0. The highest BCUT2D eigenvalue weighted by Crippen LogP contribution is 2.21. The van der Waals surface area contributed by atoms with Gasteiger partial charge in [-0.15, -0.1) is 0 Å². The second-order valence-electron chi connectivity index (χ2n) is 3.63. The lowest BCUT2D eigenvalue weighted by Crippen LogP contribution is -1.92. The maximum atomic E-state index is 5.48. The van der Waals surface area contributed by atoms with E-state index in [9.17, 15) is 0 Å². The summed E-state index contributed by atoms with van der Waals surface area (Å²) < 4.78 is 5.48. The topological polar surface area (TPSA) is 52.0 Å². The van der Waals surface area contributed by atoms with E-state index in [0.717, 1.165) is 5.56 Å². The molecule has 15 heavy (non-hydrogen) atoms. The van der Waals surface area contributed by atoms with Crippen LogP contribution in [0.15, 0.2) is 28.8 Å². The van der Waals surface area contributed by atoms with Crippen molar-refractivity contribution in [1.82, 2.24) is 4.98 Å². The Morgan fingerprint density at radius 1 is 1.27 bits per heavy atom. The Kier molecular flexibility index (Phi) is 2.56. The molecule has 0 spiro atoms. The van der Waals surface area contributed by atoms with Crippen LogP contribution in [-0.4, -0.2) is 4.98 Å². The first kappa shape index (κ1) is 9.93. The van der Waals surface area contributed by atoms with Gasteiger partial charge in [-0.3, -0.25) is 0 Å². The van der Waals surface area contributed by atoms with Crippen LogP contribution in [0.2, 0.25) is 0 Å². The fraction of sp³-hybridized carbons (Fsp3) is 0.250. The lowest BCUT2D eigenvalue weighted by molar-refractivity contribution is 0.520. The van der Waals surface area contributed by atoms with E-state index in [1.54, 1.807) is 6.20 Å². The van der Waals surface area contributed by atoms with Crippen LogP contribution in [0.1, 0.15) is 16.9 Å². The molecule has 2 N–H and O–H groups in total. The molecule has 3 heteroatoms. The van der Waals surface area contributed by atoms with Gasteiger partial charge in [0.2, 0.25) is 5.89 Å². The molecule has 0 atom stereocenters. The number of aromatic nitrogens is 1. The summed E-state index contributed by atoms with van der Waals surface area (Å²) in [5.74, 6) is 1.35. The Balaban J connectivity index is 2.40. The van der Waals surface area contributed by atoms with Crippen LogP contribution in [0.5, 0.6) is 0 Å². The number of benzene rings is 1. The molecule has 3 nitrogen and oxygen atoms in total. The van der Waals surface area contributed by atoms with Crippen LogP contribution >= 0.6 is 0 Å². The molecule has 0 amide bonds. The molecule has 1 aromatic carbocycles. The van der Waals surface area contributed by atoms with Crippen molar-refractivity contribution in [2.24, 2.45) is 5.73 Å². The monoisotopic (exact) mass is 202 g/mol. The fourth-order valence-electron chi connectivity index (χ4n) is 1.41. The highest BCUT2D eigenvalue weighted by Gasteiger charge is 2.06. The average Bonchev–Trinajstić information content (AvgIpc) is 2.70. The maximum absolute atomic E-state index is 5.48. The zero-order valence-corrected chi connectivity index (χ0v) is 8.95. The highest BCUT2D eigenvalue weighted by molar-refractivity contribution is 5.55. The van der Waals surface area contributed by atoms with Gasteiger partial charge >= 0.3 is 0 Å². The summed E-state index contributed by atoms with van der Waals surface area (Å²) in [4.78, 5) is 4.18. The standard InChI is InChI=1S/C12H14N2O/c1-8-3-4-10(5-9(8)2)12-14-7-11(6-13)15-12/h3-5,7H,6,13H2,1-2H3. The molecule has 0 aliphatic carbocycles. The van der Waals surface area contributed by atoms with Crippen LogP contribution in [-0.2, 0) is 6.54 Å². The minimum absolute atomic E-state index is 0.387. The van der Waals surface area contributed by atoms with E-state index in [1.165, 1.54) is 11.1 Å². The van der Waals surface area contributed by atoms with Gasteiger partial charge in [0, 0.05) is 5.56 Å². The number of nitrogens with two attached hydrogens (primary N) is 1. The molecule has 0 aliphatic heterocycles. The molecular weight excluding hydrogens is 188 g/mol. The SMILES string of the molecule is Cc1ccc(-c2ncc(CN)o2)cc1C. The third kappa shape index (κ3) is 1.92. The Morgan fingerprint density at radius 2 is 2.07 bits per heavy atom. The molecule has 0 aliphatic rings. The second kappa shape index (κ2) is 3.87. The molecule has 0 saturated carbocycles. The van der Waals surface area contributed by atoms with Crippen LogP contribution in [0.3, 0.4) is 0 Å². The van der Waals surface area contributed by atoms with Crippen molar-refractivity contribution >= 4 is 0 Å². The Hall–Kier alpha value is -1.61. The maximum Gasteiger partial charge on any atom is 0.226 e. The molecule has 1 aromatic heterocycles. The Bertz CT molecular complexity index is 474. The van der Waals surface area contributed by atoms with E-state index in [0.29, 0.717) is 18.2 Å². The van der Waals surface area contributed by atoms with Crippen molar-refractivity contribution in [3.8, 4) is 11.5 Å². The first-order chi connectivity index (χ1) is 7.20. The van der Waals surface area contributed by atoms with Crippen molar-refractivity contribution in [3.63, 3.8) is 0 Å². The molecule has 1 heterocycles. The number of rotatable bonds is 2. The summed E-state index contributed by atoms with van der Waals surface area (Å²) in [5.41, 5.74) is 8.96. The van der Waals surface area contributed by atoms with E-state index in [1.807, 2.05) is 6.07 Å². The summed E-state index contributed by atoms with van der Waals surface area (Å²) in [6.45, 7) is 4.55. The summed E-state index contributed by atoms with van der Waals surface area (Å²) >= 11 is 0. The van der Waals surface area contributed by atoms with Crippen molar-refractivity contribution in [3.05, 3.63) is 41.3 Å². The van der Waals surface area contributed by atoms with Crippen LogP contribution in [0, 0.1) is 13.8 Å². The smallest absolute Gasteiger partial charge is 0.226 e. The minimum atomic E-state index is 0.387. The number of oxazole rings is 1. The van der Waals surface area contributed by atoms with Crippen LogP contribution in [0.4, 0.5) is 0 Å². The normalized spacial score (nSPS) is 10.6. The lowest BCUT2D eigenvalue weighted by Gasteiger charge is -2.01. The number of hydrogen-bond acceptors (Lipinski definition) is 3. The van der Waals surface area contributed by atoms with E-state index in [4.69, 9.17) is 10.2 Å². The molecule has 78 valence electrons. The second-order valence-corrected chi connectivity index (χ2v) is 3.63. The molecule has 0 bridgehead atoms. The molecule has 2 rings (SSSR count). The molecule has 2 aromatic rings. The zero-order valence-electron chi connectivity index (χ0n) is 8.95. The highest BCUT2D eigenvalue weighted by atomic mass is 16.4. The molecule has 0 fully saturated rings. The van der Waals surface area contributed by atoms with Gasteiger partial charge in [-0.2, -0.15) is 0 Å². The number of aryl methyl sites for hydroxylation is 2. The van der Waals surface area contributed by atoms with Crippen molar-refractivity contribution in [2.75, 3.05) is 0 Å². The van der Waals surface area contributed by atoms with E-state index in [2.05, 4.69) is 31.0 Å². The fourth-order valence-corrected chi connectivity index (χ4v) is 1.41. The van der Waals surface area contributed by atoms with Gasteiger partial charge in [-0.25, -0.2) is 4.98 Å². The van der Waals surface area contributed by atoms with Gasteiger partial charge in [-0.1, -0.05) is 6.07 Å². The zero-order chi connectivity index (χ0) is 10.8. The molecule has 0 saturated heterocycles. The first-order valence-corrected chi connectivity index (χ1v) is 4.93. The van der Waals surface area contributed by atoms with Crippen molar-refractivity contribution < 1.29 is 4.42 Å². The summed E-state index contributed by atoms with van der Waals surface area (Å²) in [6.07, 6.45) is 1.67. The van der Waals surface area contributed by atoms with E-state index < -0.39 is 0 Å². The Labute approximate surface area is 88.9 Å². The van der Waals surface area contributed by atoms with Gasteiger partial charge in [-0.05, 0) is 37.1 Å². The third-order valence-electron chi connectivity index (χ3n) is 2.51. The summed E-state index contributed by atoms with van der Waals surface area (Å²) in [6, 6.07) is 6.15. The predicted molar refractivity (Wildman–Crippen MR) is 59.3 cm³/mol. The minimum Gasteiger partial charge on any atom is -0.440 e. The average molecular weight is 202 g/mol. The van der Waals surface area contributed by atoms with Gasteiger partial charge in [0.05, 0.1) is 12.7 Å². The third-order valence-corrected chi connectivity index (χ3v) is 2.51. The van der Waals surface area contributed by atoms with E-state index >= 15 is 0 Å². The lowest BCUT2D eigenvalue weighted by atomic mass is 10.1. The van der Waals surface area contributed by atoms with Gasteiger partial charge < -0.3 is 10.2 Å². The quantitative estimate of drug-likeness (QED) is 0.813. The van der Waals surface area contributed by atoms with Gasteiger partial charge in [0.15, 0.2) is 0 Å². The van der Waals surface area contributed by atoms with E-state index in [-0.39, 0.29) is 0 Å². The molecular formula is C12H14N2O. The predicted octanol–water partition coefficient (Wildman–Crippen LogP) is 2.42. The van der Waals surface area contributed by atoms with Gasteiger partial charge in [0.25, 0.3) is 0 Å². The summed E-state index contributed by atoms with van der Waals surface area (Å²) in [5, 5.41) is 0. The van der Waals surface area contributed by atoms with Crippen LogP contribution < -0.4 is 5.73 Å². The number of hydrogen-bond donors (Lipinski definition) is 1. The number of nitrogens with zero attached hydrogens (tertiary/aromatic N) is 1. The Morgan fingerprint density at radius 3 is 2.67 bits per heavy atom. The first-order valence-electron chi connectivity index (χ1n) is 4.93. The molecule has 0 radical (unpaired) electrons. The largest absolute Gasteiger partial charge is 0.440 e. The van der Waals surface area contributed by atoms with Crippen molar-refractivity contribution in [1.29, 1.82) is 0 Å². The van der Waals surface area contributed by atoms with Gasteiger partial charge in [0.1, 0.15) is 5.76 Å². The van der Waals surface area contributed by atoms with Crippen molar-refractivity contribution in [2.45, 2.75) is 20.4 Å². The van der Waals surface area contributed by atoms with Crippen LogP contribution in [0.25, 0.3) is 11.5 Å². The molecule has 0 unspecified atom stereocenters.